The molecule has 3 nitrogen and oxygen atoms in total. The van der Waals surface area contributed by atoms with Gasteiger partial charge < -0.3 is 9.84 Å². The number of hydrogen-bond acceptors (Lipinski definition) is 3. The van der Waals surface area contributed by atoms with Crippen molar-refractivity contribution < 1.29 is 14.6 Å². The number of aliphatic hydroxyl groups is 1. The van der Waals surface area contributed by atoms with Gasteiger partial charge in [0.15, 0.2) is 0 Å². The molecule has 0 aromatic carbocycles. The molecule has 0 aliphatic heterocycles. The van der Waals surface area contributed by atoms with Crippen molar-refractivity contribution in [3.8, 4) is 0 Å². The smallest absolute Gasteiger partial charge is 0.306 e. The third-order valence-electron chi connectivity index (χ3n) is 2.00. The zero-order chi connectivity index (χ0) is 10.6. The lowest BCUT2D eigenvalue weighted by molar-refractivity contribution is -0.143. The maximum Gasteiger partial charge on any atom is 0.306 e. The fourth-order valence-corrected chi connectivity index (χ4v) is 1.28. The SMILES string of the molecule is C=C1C=C(O)C=CC1CC(=O)OCC. The Hall–Kier alpha value is -1.51. The molecule has 1 aliphatic rings. The summed E-state index contributed by atoms with van der Waals surface area (Å²) >= 11 is 0. The maximum absolute atomic E-state index is 11.2. The van der Waals surface area contributed by atoms with Crippen molar-refractivity contribution in [2.75, 3.05) is 6.61 Å². The summed E-state index contributed by atoms with van der Waals surface area (Å²) in [4.78, 5) is 11.2. The van der Waals surface area contributed by atoms with Crippen molar-refractivity contribution in [3.05, 3.63) is 36.1 Å². The van der Waals surface area contributed by atoms with Crippen molar-refractivity contribution in [1.82, 2.24) is 0 Å². The van der Waals surface area contributed by atoms with Crippen molar-refractivity contribution in [1.29, 1.82) is 0 Å². The molecular weight excluding hydrogens is 180 g/mol. The van der Waals surface area contributed by atoms with E-state index in [0.29, 0.717) is 6.61 Å². The molecule has 0 spiro atoms. The lowest BCUT2D eigenvalue weighted by atomic mass is 9.92. The number of esters is 1. The quantitative estimate of drug-likeness (QED) is 0.700. The highest BCUT2D eigenvalue weighted by molar-refractivity contribution is 5.70. The van der Waals surface area contributed by atoms with Gasteiger partial charge in [-0.05, 0) is 24.6 Å². The van der Waals surface area contributed by atoms with Crippen LogP contribution in [-0.2, 0) is 9.53 Å². The summed E-state index contributed by atoms with van der Waals surface area (Å²) in [5.41, 5.74) is 0.734. The van der Waals surface area contributed by atoms with E-state index in [4.69, 9.17) is 9.84 Å². The number of ether oxygens (including phenoxy) is 1. The first-order valence-electron chi connectivity index (χ1n) is 4.56. The Morgan fingerprint density at radius 1 is 1.71 bits per heavy atom. The van der Waals surface area contributed by atoms with Crippen LogP contribution < -0.4 is 0 Å². The highest BCUT2D eigenvalue weighted by Crippen LogP contribution is 2.23. The molecule has 0 saturated heterocycles. The van der Waals surface area contributed by atoms with Gasteiger partial charge in [0.05, 0.1) is 13.0 Å². The molecule has 0 amide bonds. The predicted octanol–water partition coefficient (Wildman–Crippen LogP) is 2.12. The maximum atomic E-state index is 11.2. The van der Waals surface area contributed by atoms with E-state index in [0.717, 1.165) is 5.57 Å². The average molecular weight is 194 g/mol. The summed E-state index contributed by atoms with van der Waals surface area (Å²) in [7, 11) is 0. The van der Waals surface area contributed by atoms with Gasteiger partial charge >= 0.3 is 5.97 Å². The molecule has 1 rings (SSSR count). The zero-order valence-corrected chi connectivity index (χ0v) is 8.19. The highest BCUT2D eigenvalue weighted by Gasteiger charge is 2.16. The number of carbonyl (C=O) groups is 1. The highest BCUT2D eigenvalue weighted by atomic mass is 16.5. The molecule has 0 aromatic heterocycles. The Morgan fingerprint density at radius 3 is 3.00 bits per heavy atom. The Morgan fingerprint density at radius 2 is 2.43 bits per heavy atom. The average Bonchev–Trinajstić information content (AvgIpc) is 2.10. The van der Waals surface area contributed by atoms with Crippen LogP contribution in [-0.4, -0.2) is 17.7 Å². The standard InChI is InChI=1S/C11H14O3/c1-3-14-11(13)7-9-4-5-10(12)6-8(9)2/h4-6,9,12H,2-3,7H2,1H3. The molecular formula is C11H14O3. The topological polar surface area (TPSA) is 46.5 Å². The second-order valence-corrected chi connectivity index (χ2v) is 3.12. The predicted molar refractivity (Wildman–Crippen MR) is 53.7 cm³/mol. The van der Waals surface area contributed by atoms with E-state index in [2.05, 4.69) is 6.58 Å². The molecule has 76 valence electrons. The van der Waals surface area contributed by atoms with E-state index in [9.17, 15) is 4.79 Å². The monoisotopic (exact) mass is 194 g/mol. The Bertz CT molecular complexity index is 300. The molecule has 0 bridgehead atoms. The second-order valence-electron chi connectivity index (χ2n) is 3.12. The third-order valence-corrected chi connectivity index (χ3v) is 2.00. The molecule has 1 aliphatic carbocycles. The first-order chi connectivity index (χ1) is 6.63. The fourth-order valence-electron chi connectivity index (χ4n) is 1.28. The minimum atomic E-state index is -0.238. The van der Waals surface area contributed by atoms with E-state index < -0.39 is 0 Å². The van der Waals surface area contributed by atoms with Crippen LogP contribution in [0.25, 0.3) is 0 Å². The lowest BCUT2D eigenvalue weighted by Gasteiger charge is -2.15. The van der Waals surface area contributed by atoms with Crippen molar-refractivity contribution in [2.45, 2.75) is 13.3 Å². The molecule has 1 unspecified atom stereocenters. The van der Waals surface area contributed by atoms with Crippen LogP contribution in [0.1, 0.15) is 13.3 Å². The van der Waals surface area contributed by atoms with Gasteiger partial charge in [-0.1, -0.05) is 12.7 Å². The summed E-state index contributed by atoms with van der Waals surface area (Å²) in [5, 5.41) is 9.13. The van der Waals surface area contributed by atoms with E-state index in [-0.39, 0.29) is 24.1 Å². The van der Waals surface area contributed by atoms with Crippen molar-refractivity contribution in [3.63, 3.8) is 0 Å². The summed E-state index contributed by atoms with van der Waals surface area (Å²) < 4.78 is 4.82. The van der Waals surface area contributed by atoms with Gasteiger partial charge in [0, 0.05) is 5.92 Å². The first kappa shape index (κ1) is 10.6. The van der Waals surface area contributed by atoms with E-state index in [1.54, 1.807) is 25.2 Å². The van der Waals surface area contributed by atoms with Gasteiger partial charge in [-0.2, -0.15) is 0 Å². The Labute approximate surface area is 83.4 Å². The Kier molecular flexibility index (Phi) is 3.51. The van der Waals surface area contributed by atoms with Crippen LogP contribution in [0, 0.1) is 5.92 Å². The van der Waals surface area contributed by atoms with E-state index in [1.807, 2.05) is 0 Å². The lowest BCUT2D eigenvalue weighted by Crippen LogP contribution is -2.12. The van der Waals surface area contributed by atoms with Gasteiger partial charge in [-0.3, -0.25) is 4.79 Å². The molecule has 0 aromatic rings. The van der Waals surface area contributed by atoms with E-state index >= 15 is 0 Å². The number of aliphatic hydroxyl groups excluding tert-OH is 1. The number of rotatable bonds is 3. The fraction of sp³-hybridized carbons (Fsp3) is 0.364. The molecule has 14 heavy (non-hydrogen) atoms. The van der Waals surface area contributed by atoms with Crippen molar-refractivity contribution >= 4 is 5.97 Å². The summed E-state index contributed by atoms with van der Waals surface area (Å²) in [5.74, 6) is -0.113. The van der Waals surface area contributed by atoms with Crippen LogP contribution in [0.15, 0.2) is 36.1 Å². The minimum Gasteiger partial charge on any atom is -0.508 e. The number of allylic oxidation sites excluding steroid dienone is 4. The third kappa shape index (κ3) is 2.76. The van der Waals surface area contributed by atoms with Gasteiger partial charge in [0.1, 0.15) is 5.76 Å². The van der Waals surface area contributed by atoms with Crippen LogP contribution in [0.5, 0.6) is 0 Å². The summed E-state index contributed by atoms with van der Waals surface area (Å²) in [6.45, 7) is 5.93. The minimum absolute atomic E-state index is 0.0510. The molecule has 0 saturated carbocycles. The summed E-state index contributed by atoms with van der Waals surface area (Å²) in [6, 6.07) is 0. The van der Waals surface area contributed by atoms with Gasteiger partial charge in [0.2, 0.25) is 0 Å². The van der Waals surface area contributed by atoms with E-state index in [1.165, 1.54) is 0 Å². The van der Waals surface area contributed by atoms with Crippen LogP contribution >= 0.6 is 0 Å². The molecule has 0 radical (unpaired) electrons. The first-order valence-corrected chi connectivity index (χ1v) is 4.56. The second kappa shape index (κ2) is 4.65. The molecule has 1 atom stereocenters. The van der Waals surface area contributed by atoms with Crippen LogP contribution in [0.3, 0.4) is 0 Å². The Balaban J connectivity index is 2.52. The normalized spacial score (nSPS) is 20.5. The molecule has 0 fully saturated rings. The van der Waals surface area contributed by atoms with Crippen LogP contribution in [0.4, 0.5) is 0 Å². The number of hydrogen-bond donors (Lipinski definition) is 1. The molecule has 1 N–H and O–H groups in total. The van der Waals surface area contributed by atoms with Gasteiger partial charge in [0.25, 0.3) is 0 Å². The van der Waals surface area contributed by atoms with Gasteiger partial charge in [-0.15, -0.1) is 0 Å². The molecule has 3 heteroatoms. The largest absolute Gasteiger partial charge is 0.508 e. The molecule has 0 heterocycles. The van der Waals surface area contributed by atoms with Crippen molar-refractivity contribution in [2.24, 2.45) is 5.92 Å². The van der Waals surface area contributed by atoms with Crippen LogP contribution in [0.2, 0.25) is 0 Å². The number of carbonyl (C=O) groups excluding carboxylic acids is 1. The van der Waals surface area contributed by atoms with Gasteiger partial charge in [-0.25, -0.2) is 0 Å². The zero-order valence-electron chi connectivity index (χ0n) is 8.19. The summed E-state index contributed by atoms with van der Waals surface area (Å²) in [6.07, 6.45) is 5.17.